The molecule has 2 fully saturated rings. The Morgan fingerprint density at radius 2 is 0.852 bits per heavy atom. The van der Waals surface area contributed by atoms with Crippen LogP contribution in [0.15, 0.2) is 97.1 Å². The maximum atomic E-state index is 2.46. The average Bonchev–Trinajstić information content (AvgIpc) is 3.71. The Hall–Kier alpha value is -2.22. The molecule has 4 heteroatoms. The van der Waals surface area contributed by atoms with E-state index in [1.54, 1.807) is 23.3 Å². The van der Waals surface area contributed by atoms with E-state index in [0.717, 1.165) is 11.8 Å². The second-order valence-electron chi connectivity index (χ2n) is 16.5. The van der Waals surface area contributed by atoms with Crippen LogP contribution in [0.5, 0.6) is 0 Å². The van der Waals surface area contributed by atoms with E-state index in [9.17, 15) is 0 Å². The van der Waals surface area contributed by atoms with Gasteiger partial charge in [-0.25, -0.2) is 0 Å². The first kappa shape index (κ1) is 44.5. The van der Waals surface area contributed by atoms with Gasteiger partial charge in [-0.2, -0.15) is 12.1 Å². The SMILES string of the molecule is C[Si](C)=[Zr+2].Cc1cc(C)cc(-c2cccc3[cH-]c(CC4CCCCC4)cc23)c1.Cc1cc(C)cc(-c2cccc3[cH-]c(CC4CCCCC4)cc23)c1.[Cl-].[Cl-]. The van der Waals surface area contributed by atoms with Gasteiger partial charge in [0, 0.05) is 0 Å². The van der Waals surface area contributed by atoms with Crippen molar-refractivity contribution in [1.82, 2.24) is 0 Å². The molecule has 2 saturated carbocycles. The number of benzene rings is 4. The molecular weight excluding hydrogens is 791 g/mol. The summed E-state index contributed by atoms with van der Waals surface area (Å²) in [5, 5.41) is 5.65. The minimum Gasteiger partial charge on any atom is -1.00 e. The van der Waals surface area contributed by atoms with E-state index < -0.39 is 0 Å². The van der Waals surface area contributed by atoms with Crippen LogP contribution in [0.3, 0.4) is 0 Å². The molecule has 0 aliphatic heterocycles. The van der Waals surface area contributed by atoms with Crippen LogP contribution in [0.1, 0.15) is 97.6 Å². The molecule has 54 heavy (non-hydrogen) atoms. The molecule has 284 valence electrons. The van der Waals surface area contributed by atoms with Crippen LogP contribution in [0.25, 0.3) is 43.8 Å². The zero-order valence-electron chi connectivity index (χ0n) is 33.6. The molecule has 6 aromatic carbocycles. The minimum atomic E-state index is 0. The number of hydrogen-bond donors (Lipinski definition) is 0. The average molecular weight is 851 g/mol. The van der Waals surface area contributed by atoms with E-state index in [2.05, 4.69) is 138 Å². The van der Waals surface area contributed by atoms with Gasteiger partial charge in [-0.05, 0) is 63.5 Å². The monoisotopic (exact) mass is 848 g/mol. The molecule has 0 heterocycles. The summed E-state index contributed by atoms with van der Waals surface area (Å²) in [4.78, 5) is 0. The summed E-state index contributed by atoms with van der Waals surface area (Å²) in [6, 6.07) is 37.0. The van der Waals surface area contributed by atoms with Gasteiger partial charge in [0.25, 0.3) is 0 Å². The fourth-order valence-electron chi connectivity index (χ4n) is 9.04. The molecule has 0 spiro atoms. The second kappa shape index (κ2) is 21.3. The van der Waals surface area contributed by atoms with E-state index in [0.29, 0.717) is 0 Å². The van der Waals surface area contributed by atoms with Crippen molar-refractivity contribution in [3.05, 3.63) is 130 Å². The number of aryl methyl sites for hydroxylation is 4. The summed E-state index contributed by atoms with van der Waals surface area (Å²) in [5.74, 6) is 1.81. The number of rotatable bonds is 6. The van der Waals surface area contributed by atoms with Crippen molar-refractivity contribution in [3.8, 4) is 22.3 Å². The van der Waals surface area contributed by atoms with Crippen molar-refractivity contribution >= 4 is 27.0 Å². The van der Waals surface area contributed by atoms with Crippen LogP contribution in [0, 0.1) is 39.5 Å². The van der Waals surface area contributed by atoms with E-state index in [-0.39, 0.29) is 30.2 Å². The Morgan fingerprint density at radius 3 is 1.19 bits per heavy atom. The molecule has 8 rings (SSSR count). The van der Waals surface area contributed by atoms with Gasteiger partial charge in [0.1, 0.15) is 0 Å². The van der Waals surface area contributed by atoms with Gasteiger partial charge in [0.2, 0.25) is 0 Å². The summed E-state index contributed by atoms with van der Waals surface area (Å²) < 4.78 is 0. The van der Waals surface area contributed by atoms with E-state index in [1.807, 2.05) is 0 Å². The summed E-state index contributed by atoms with van der Waals surface area (Å²) in [5.41, 5.74) is 14.1. The number of fused-ring (bicyclic) bond motifs is 2. The van der Waals surface area contributed by atoms with Crippen molar-refractivity contribution in [3.63, 3.8) is 0 Å². The quantitative estimate of drug-likeness (QED) is 0.116. The molecule has 0 bridgehead atoms. The van der Waals surface area contributed by atoms with Crippen LogP contribution in [0.2, 0.25) is 13.1 Å². The third-order valence-electron chi connectivity index (χ3n) is 11.2. The molecule has 0 N–H and O–H groups in total. The summed E-state index contributed by atoms with van der Waals surface area (Å²) in [6.45, 7) is 13.4. The molecule has 0 amide bonds. The zero-order valence-corrected chi connectivity index (χ0v) is 38.6. The topological polar surface area (TPSA) is 0 Å². The molecule has 0 saturated heterocycles. The van der Waals surface area contributed by atoms with Gasteiger partial charge in [-0.1, -0.05) is 146 Å². The maximum Gasteiger partial charge on any atom is -0.0274 e. The molecule has 0 aromatic heterocycles. The Kier molecular flexibility index (Phi) is 17.6. The van der Waals surface area contributed by atoms with E-state index in [4.69, 9.17) is 0 Å². The third kappa shape index (κ3) is 12.4. The largest absolute Gasteiger partial charge is 1.00 e. The molecule has 0 radical (unpaired) electrons. The Bertz CT molecular complexity index is 1910. The Labute approximate surface area is 354 Å². The van der Waals surface area contributed by atoms with Gasteiger partial charge >= 0.3 is 41.9 Å². The predicted molar refractivity (Wildman–Crippen MR) is 227 cm³/mol. The fraction of sp³-hybridized carbons (Fsp3) is 0.400. The van der Waals surface area contributed by atoms with Crippen molar-refractivity contribution in [1.29, 1.82) is 0 Å². The van der Waals surface area contributed by atoms with Gasteiger partial charge in [0.15, 0.2) is 0 Å². The van der Waals surface area contributed by atoms with Crippen LogP contribution in [-0.4, -0.2) is 5.43 Å². The third-order valence-corrected chi connectivity index (χ3v) is 11.2. The van der Waals surface area contributed by atoms with Gasteiger partial charge in [-0.3, -0.25) is 0 Å². The fourth-order valence-corrected chi connectivity index (χ4v) is 9.04. The number of halogens is 2. The first-order valence-electron chi connectivity index (χ1n) is 20.2. The summed E-state index contributed by atoms with van der Waals surface area (Å²) >= 11 is 1.74. The normalized spacial score (nSPS) is 14.7. The smallest absolute Gasteiger partial charge is 0.0274 e. The maximum absolute atomic E-state index is 2.46. The molecule has 2 aliphatic rings. The van der Waals surface area contributed by atoms with Crippen LogP contribution in [-0.2, 0) is 36.2 Å². The molecule has 6 aromatic rings. The van der Waals surface area contributed by atoms with Gasteiger partial charge < -0.3 is 24.8 Å². The summed E-state index contributed by atoms with van der Waals surface area (Å²) in [7, 11) is 0. The van der Waals surface area contributed by atoms with Crippen LogP contribution < -0.4 is 24.8 Å². The summed E-state index contributed by atoms with van der Waals surface area (Å²) in [6.07, 6.45) is 16.8. The van der Waals surface area contributed by atoms with Crippen molar-refractivity contribution in [2.75, 3.05) is 0 Å². The minimum absolute atomic E-state index is 0. The van der Waals surface area contributed by atoms with Crippen molar-refractivity contribution in [2.45, 2.75) is 118 Å². The van der Waals surface area contributed by atoms with Gasteiger partial charge in [-0.15, -0.1) is 69.1 Å². The van der Waals surface area contributed by atoms with Crippen molar-refractivity contribution in [2.24, 2.45) is 11.8 Å². The predicted octanol–water partition coefficient (Wildman–Crippen LogP) is 8.72. The Morgan fingerprint density at radius 1 is 0.519 bits per heavy atom. The van der Waals surface area contributed by atoms with Crippen LogP contribution in [0.4, 0.5) is 0 Å². The van der Waals surface area contributed by atoms with E-state index >= 15 is 0 Å². The molecule has 2 aliphatic carbocycles. The first-order valence-corrected chi connectivity index (χ1v) is 26.4. The van der Waals surface area contributed by atoms with E-state index in [1.165, 1.54) is 154 Å². The molecule has 0 atom stereocenters. The molecule has 0 nitrogen and oxygen atoms in total. The first-order chi connectivity index (χ1) is 25.1. The zero-order chi connectivity index (χ0) is 36.6. The van der Waals surface area contributed by atoms with Gasteiger partial charge in [0.05, 0.1) is 0 Å². The number of hydrogen-bond acceptors (Lipinski definition) is 0. The standard InChI is InChI=1S/2C24H27.C2H6Si.2ClH.Zr/c2*1-17-11-18(2)13-22(12-17)23-10-6-9-21-15-20(16-24(21)23)14-19-7-4-3-5-8-19;1-3-2;;;/h2*6,9-13,15-16,19H,3-5,7-8,14H2,1-2H3;1-2H3;2*1H;/q2*-1;;;;+2/p-2. The second-order valence-corrected chi connectivity index (χ2v) is 25.9. The van der Waals surface area contributed by atoms with Crippen molar-refractivity contribution < 1.29 is 48.1 Å². The molecular formula is C50H60Cl2SiZr-2. The van der Waals surface area contributed by atoms with Crippen LogP contribution >= 0.6 is 0 Å². The Balaban J connectivity index is 0.000000212. The molecule has 0 unspecified atom stereocenters.